The Labute approximate surface area is 85.7 Å². The zero-order chi connectivity index (χ0) is 2.71. The molecule has 0 aliphatic rings. The van der Waals surface area contributed by atoms with Gasteiger partial charge in [0.25, 0.3) is 0 Å². The van der Waals surface area contributed by atoms with Crippen LogP contribution in [0.1, 0.15) is 0 Å². The van der Waals surface area contributed by atoms with E-state index in [1.165, 1.54) is 0 Å². The molecule has 0 aliphatic carbocycles. The van der Waals surface area contributed by atoms with Crippen molar-refractivity contribution in [1.82, 2.24) is 0 Å². The van der Waals surface area contributed by atoms with E-state index in [-0.39, 0.29) is 40.4 Å². The van der Waals surface area contributed by atoms with Crippen LogP contribution in [0.2, 0.25) is 0 Å². The van der Waals surface area contributed by atoms with Crippen LogP contribution in [-0.4, -0.2) is 0 Å². The van der Waals surface area contributed by atoms with Crippen molar-refractivity contribution in [3.63, 3.8) is 0 Å². The molecule has 26 valence electrons. The molecule has 4 heteroatoms. The van der Waals surface area contributed by atoms with Crippen molar-refractivity contribution in [2.24, 2.45) is 0 Å². The summed E-state index contributed by atoms with van der Waals surface area (Å²) in [6, 6.07) is 0. The summed E-state index contributed by atoms with van der Waals surface area (Å²) in [6.45, 7) is 0. The quantitative estimate of drug-likeness (QED) is 0.543. The van der Waals surface area contributed by atoms with Gasteiger partial charge in [0.15, 0.2) is 0 Å². The molecular weight excluding hydrogens is 420 g/mol. The maximum absolute atomic E-state index is 4.19. The molecule has 0 aromatic carbocycles. The van der Waals surface area contributed by atoms with Crippen LogP contribution in [0.25, 0.3) is 0 Å². The molecule has 0 heterocycles. The van der Waals surface area contributed by atoms with E-state index in [0.29, 0.717) is 0 Å². The standard InChI is InChI=1S/I2O.Sm/c1-3-2;. The molecule has 0 aromatic rings. The van der Waals surface area contributed by atoms with E-state index in [9.17, 15) is 0 Å². The summed E-state index contributed by atoms with van der Waals surface area (Å²) in [5.41, 5.74) is 0. The third-order valence-electron chi connectivity index (χ3n) is 0. The molecule has 0 amide bonds. The predicted molar refractivity (Wildman–Crippen MR) is 29.1 cm³/mol. The first-order valence-electron chi connectivity index (χ1n) is 0.309. The minimum atomic E-state index is 0. The van der Waals surface area contributed by atoms with Crippen LogP contribution in [0.4, 0.5) is 0 Å². The molecule has 0 saturated heterocycles. The normalized spacial score (nSPS) is 4.50. The molecular formula is I2OSm. The molecule has 0 N–H and O–H groups in total. The Kier molecular flexibility index (Phi) is 22.8. The van der Waals surface area contributed by atoms with Crippen molar-refractivity contribution >= 4 is 46.0 Å². The summed E-state index contributed by atoms with van der Waals surface area (Å²) < 4.78 is 4.19. The summed E-state index contributed by atoms with van der Waals surface area (Å²) >= 11 is 3.55. The number of rotatable bonds is 0. The van der Waals surface area contributed by atoms with Crippen LogP contribution in [0, 0.1) is 40.4 Å². The van der Waals surface area contributed by atoms with Crippen LogP contribution in [0.5, 0.6) is 0 Å². The Morgan fingerprint density at radius 1 is 1.25 bits per heavy atom. The summed E-state index contributed by atoms with van der Waals surface area (Å²) in [4.78, 5) is 0. The van der Waals surface area contributed by atoms with Crippen molar-refractivity contribution in [1.29, 1.82) is 0 Å². The molecule has 0 aromatic heterocycles. The van der Waals surface area contributed by atoms with Crippen LogP contribution in [-0.2, 0) is 1.40 Å². The molecule has 4 heavy (non-hydrogen) atoms. The number of hydrogen-bond donors (Lipinski definition) is 0. The smallest absolute Gasteiger partial charge is 0.124 e. The Hall–Kier alpha value is 2.76. The molecule has 0 aliphatic heterocycles. The maximum Gasteiger partial charge on any atom is 0.124 e. The predicted octanol–water partition coefficient (Wildman–Crippen LogP) is 1.70. The van der Waals surface area contributed by atoms with Gasteiger partial charge < -0.3 is 0 Å². The van der Waals surface area contributed by atoms with Gasteiger partial charge in [0.1, 0.15) is 46.0 Å². The van der Waals surface area contributed by atoms with Crippen LogP contribution < -0.4 is 0 Å². The van der Waals surface area contributed by atoms with E-state index in [0.717, 1.165) is 0 Å². The maximum atomic E-state index is 4.19. The molecule has 0 radical (unpaired) electrons. The fraction of sp³-hybridized carbons (Fsp3) is 0. The Morgan fingerprint density at radius 3 is 1.25 bits per heavy atom. The van der Waals surface area contributed by atoms with E-state index in [1.807, 2.05) is 0 Å². The SMILES string of the molecule is IOI.[Sm]. The van der Waals surface area contributed by atoms with E-state index >= 15 is 0 Å². The van der Waals surface area contributed by atoms with Gasteiger partial charge in [-0.25, -0.2) is 1.40 Å². The van der Waals surface area contributed by atoms with E-state index in [2.05, 4.69) is 1.40 Å². The minimum absolute atomic E-state index is 0. The number of hydrogen-bond acceptors (Lipinski definition) is 1. The van der Waals surface area contributed by atoms with E-state index in [1.54, 1.807) is 46.0 Å². The Morgan fingerprint density at radius 2 is 1.25 bits per heavy atom. The summed E-state index contributed by atoms with van der Waals surface area (Å²) in [6.07, 6.45) is 0. The van der Waals surface area contributed by atoms with E-state index in [4.69, 9.17) is 0 Å². The van der Waals surface area contributed by atoms with Crippen molar-refractivity contribution in [3.05, 3.63) is 0 Å². The first-order chi connectivity index (χ1) is 1.41. The van der Waals surface area contributed by atoms with Gasteiger partial charge in [-0.05, 0) is 0 Å². The molecule has 1 nitrogen and oxygen atoms in total. The molecule has 0 bridgehead atoms. The zero-order valence-electron chi connectivity index (χ0n) is 1.57. The largest absolute Gasteiger partial charge is 0.247 e. The third-order valence-corrected chi connectivity index (χ3v) is 0. The molecule has 0 spiro atoms. The number of halogens is 2. The third kappa shape index (κ3) is 8.83. The minimum Gasteiger partial charge on any atom is -0.247 e. The molecule has 0 fully saturated rings. The van der Waals surface area contributed by atoms with Crippen molar-refractivity contribution in [2.75, 3.05) is 0 Å². The van der Waals surface area contributed by atoms with Crippen molar-refractivity contribution in [2.45, 2.75) is 0 Å². The monoisotopic (exact) mass is 422 g/mol. The van der Waals surface area contributed by atoms with Gasteiger partial charge in [-0.15, -0.1) is 0 Å². The molecule has 0 rings (SSSR count). The van der Waals surface area contributed by atoms with Crippen molar-refractivity contribution < 1.29 is 41.8 Å². The summed E-state index contributed by atoms with van der Waals surface area (Å²) in [5.74, 6) is 0. The van der Waals surface area contributed by atoms with Gasteiger partial charge in [0.05, 0.1) is 0 Å². The van der Waals surface area contributed by atoms with Crippen LogP contribution in [0.15, 0.2) is 0 Å². The first kappa shape index (κ1) is 9.90. The second kappa shape index (κ2) is 9.23. The molecule has 0 atom stereocenters. The average Bonchev–Trinajstić information content (AvgIpc) is 0.918. The summed E-state index contributed by atoms with van der Waals surface area (Å²) in [5, 5.41) is 0. The van der Waals surface area contributed by atoms with Crippen molar-refractivity contribution in [3.8, 4) is 0 Å². The second-order valence-electron chi connectivity index (χ2n) is 0.0583. The Bertz CT molecular complexity index is 6.00. The van der Waals surface area contributed by atoms with Crippen LogP contribution >= 0.6 is 46.0 Å². The Balaban J connectivity index is 0. The van der Waals surface area contributed by atoms with Crippen LogP contribution in [0.3, 0.4) is 0 Å². The van der Waals surface area contributed by atoms with Gasteiger partial charge in [-0.1, -0.05) is 0 Å². The van der Waals surface area contributed by atoms with E-state index < -0.39 is 0 Å². The van der Waals surface area contributed by atoms with Gasteiger partial charge in [-0.3, -0.25) is 0 Å². The first-order valence-corrected chi connectivity index (χ1v) is 2.07. The topological polar surface area (TPSA) is 9.23 Å². The zero-order valence-corrected chi connectivity index (χ0v) is 8.51. The molecule has 0 unspecified atom stereocenters. The molecule has 0 saturated carbocycles. The fourth-order valence-electron chi connectivity index (χ4n) is 0. The van der Waals surface area contributed by atoms with Gasteiger partial charge in [-0.2, -0.15) is 0 Å². The summed E-state index contributed by atoms with van der Waals surface area (Å²) in [7, 11) is 0. The van der Waals surface area contributed by atoms with Gasteiger partial charge in [0.2, 0.25) is 0 Å². The van der Waals surface area contributed by atoms with Gasteiger partial charge >= 0.3 is 0 Å². The van der Waals surface area contributed by atoms with Gasteiger partial charge in [0, 0.05) is 40.4 Å². The second-order valence-corrected chi connectivity index (χ2v) is 2.62. The average molecular weight is 420 g/mol. The fourth-order valence-corrected chi connectivity index (χ4v) is 0.